The molecular weight excluding hydrogens is 401 g/mol. The summed E-state index contributed by atoms with van der Waals surface area (Å²) in [5, 5.41) is 2.33. The van der Waals surface area contributed by atoms with E-state index in [2.05, 4.69) is 14.8 Å². The highest BCUT2D eigenvalue weighted by Crippen LogP contribution is 2.25. The van der Waals surface area contributed by atoms with Gasteiger partial charge in [0.15, 0.2) is 0 Å². The van der Waals surface area contributed by atoms with E-state index in [0.29, 0.717) is 5.75 Å². The lowest BCUT2D eigenvalue weighted by Crippen LogP contribution is -2.41. The summed E-state index contributed by atoms with van der Waals surface area (Å²) in [6.45, 7) is 1.30. The first-order valence-electron chi connectivity index (χ1n) is 7.83. The van der Waals surface area contributed by atoms with E-state index in [1.165, 1.54) is 50.4 Å². The zero-order valence-electron chi connectivity index (χ0n) is 14.8. The van der Waals surface area contributed by atoms with E-state index in [9.17, 15) is 26.4 Å². The van der Waals surface area contributed by atoms with Crippen molar-refractivity contribution >= 4 is 21.6 Å². The van der Waals surface area contributed by atoms with Crippen molar-refractivity contribution in [3.05, 3.63) is 48.5 Å². The number of anilines is 1. The number of rotatable bonds is 7. The fourth-order valence-corrected chi connectivity index (χ4v) is 3.33. The average Bonchev–Trinajstić information content (AvgIpc) is 2.60. The van der Waals surface area contributed by atoms with Crippen molar-refractivity contribution in [2.24, 2.45) is 0 Å². The number of nitrogens with one attached hydrogen (secondary N) is 2. The molecule has 2 aromatic rings. The largest absolute Gasteiger partial charge is 0.573 e. The highest BCUT2D eigenvalue weighted by Gasteiger charge is 2.31. The number of hydrogen-bond donors (Lipinski definition) is 2. The molecule has 0 aliphatic carbocycles. The zero-order valence-corrected chi connectivity index (χ0v) is 15.6. The van der Waals surface area contributed by atoms with Crippen molar-refractivity contribution in [3.8, 4) is 11.5 Å². The fraction of sp³-hybridized carbons (Fsp3) is 0.235. The lowest BCUT2D eigenvalue weighted by molar-refractivity contribution is -0.274. The first-order chi connectivity index (χ1) is 13.0. The van der Waals surface area contributed by atoms with E-state index in [4.69, 9.17) is 4.74 Å². The van der Waals surface area contributed by atoms with Crippen LogP contribution in [0.25, 0.3) is 0 Å². The van der Waals surface area contributed by atoms with E-state index in [1.54, 1.807) is 0 Å². The average molecular weight is 418 g/mol. The standard InChI is InChI=1S/C17H17F3N2O5S/c1-11(22-28(24,25)15-8-6-13(26-2)7-9-15)16(23)21-12-4-3-5-14(10-12)27-17(18,19)20/h3-11,22H,1-2H3,(H,21,23)/t11-/m0/s1. The third-order valence-electron chi connectivity index (χ3n) is 3.43. The van der Waals surface area contributed by atoms with E-state index < -0.39 is 34.1 Å². The summed E-state index contributed by atoms with van der Waals surface area (Å²) in [6.07, 6.45) is -4.87. The van der Waals surface area contributed by atoms with Gasteiger partial charge < -0.3 is 14.8 Å². The highest BCUT2D eigenvalue weighted by molar-refractivity contribution is 7.89. The van der Waals surface area contributed by atoms with Gasteiger partial charge in [0.2, 0.25) is 15.9 Å². The van der Waals surface area contributed by atoms with Gasteiger partial charge in [-0.15, -0.1) is 13.2 Å². The molecule has 0 aliphatic heterocycles. The molecule has 0 heterocycles. The monoisotopic (exact) mass is 418 g/mol. The van der Waals surface area contributed by atoms with Crippen LogP contribution in [0.15, 0.2) is 53.4 Å². The Hall–Kier alpha value is -2.79. The van der Waals surface area contributed by atoms with Crippen LogP contribution in [-0.4, -0.2) is 33.8 Å². The van der Waals surface area contributed by atoms with Crippen LogP contribution in [0, 0.1) is 0 Å². The lowest BCUT2D eigenvalue weighted by Gasteiger charge is -2.15. The van der Waals surface area contributed by atoms with Gasteiger partial charge in [-0.25, -0.2) is 8.42 Å². The Kier molecular flexibility index (Phi) is 6.52. The van der Waals surface area contributed by atoms with Gasteiger partial charge in [0.25, 0.3) is 0 Å². The Bertz CT molecular complexity index is 931. The molecule has 1 atom stereocenters. The molecule has 2 rings (SSSR count). The number of hydrogen-bond acceptors (Lipinski definition) is 5. The molecule has 2 N–H and O–H groups in total. The van der Waals surface area contributed by atoms with E-state index in [1.807, 2.05) is 0 Å². The quantitative estimate of drug-likeness (QED) is 0.721. The number of methoxy groups -OCH3 is 1. The van der Waals surface area contributed by atoms with Gasteiger partial charge in [0.05, 0.1) is 18.0 Å². The lowest BCUT2D eigenvalue weighted by atomic mass is 10.2. The predicted octanol–water partition coefficient (Wildman–Crippen LogP) is 2.90. The van der Waals surface area contributed by atoms with Crippen LogP contribution in [0.3, 0.4) is 0 Å². The third-order valence-corrected chi connectivity index (χ3v) is 4.99. The van der Waals surface area contributed by atoms with Crippen molar-refractivity contribution in [3.63, 3.8) is 0 Å². The van der Waals surface area contributed by atoms with Crippen molar-refractivity contribution in [1.29, 1.82) is 0 Å². The predicted molar refractivity (Wildman–Crippen MR) is 94.5 cm³/mol. The molecule has 0 spiro atoms. The maximum atomic E-state index is 12.3. The minimum Gasteiger partial charge on any atom is -0.497 e. The van der Waals surface area contributed by atoms with Crippen LogP contribution in [0.2, 0.25) is 0 Å². The number of amides is 1. The summed E-state index contributed by atoms with van der Waals surface area (Å²) in [6, 6.07) is 8.95. The topological polar surface area (TPSA) is 93.7 Å². The summed E-state index contributed by atoms with van der Waals surface area (Å²) in [7, 11) is -2.56. The SMILES string of the molecule is COc1ccc(S(=O)(=O)N[C@@H](C)C(=O)Nc2cccc(OC(F)(F)F)c2)cc1. The number of alkyl halides is 3. The molecule has 0 saturated heterocycles. The number of carbonyl (C=O) groups excluding carboxylic acids is 1. The summed E-state index contributed by atoms with van der Waals surface area (Å²) in [5.74, 6) is -0.816. The Morgan fingerprint density at radius 1 is 1.07 bits per heavy atom. The molecule has 28 heavy (non-hydrogen) atoms. The first kappa shape index (κ1) is 21.5. The fourth-order valence-electron chi connectivity index (χ4n) is 2.13. The van der Waals surface area contributed by atoms with Gasteiger partial charge in [-0.2, -0.15) is 4.72 Å². The van der Waals surface area contributed by atoms with Crippen LogP contribution in [0.5, 0.6) is 11.5 Å². The van der Waals surface area contributed by atoms with Crippen LogP contribution in [0.1, 0.15) is 6.92 Å². The third kappa shape index (κ3) is 6.13. The maximum absolute atomic E-state index is 12.3. The van der Waals surface area contributed by atoms with E-state index in [0.717, 1.165) is 12.1 Å². The molecule has 0 saturated carbocycles. The van der Waals surface area contributed by atoms with Gasteiger partial charge in [0.1, 0.15) is 11.5 Å². The number of ether oxygens (including phenoxy) is 2. The number of sulfonamides is 1. The number of benzene rings is 2. The molecule has 0 radical (unpaired) electrons. The summed E-state index contributed by atoms with van der Waals surface area (Å²) in [4.78, 5) is 12.1. The summed E-state index contributed by atoms with van der Waals surface area (Å²) in [5.41, 5.74) is 0.0160. The van der Waals surface area contributed by atoms with Crippen LogP contribution < -0.4 is 19.5 Å². The Balaban J connectivity index is 2.05. The molecule has 0 aromatic heterocycles. The minimum atomic E-state index is -4.87. The van der Waals surface area contributed by atoms with Gasteiger partial charge in [0, 0.05) is 11.8 Å². The normalized spacial score (nSPS) is 12.9. The van der Waals surface area contributed by atoms with Gasteiger partial charge in [-0.05, 0) is 43.3 Å². The Labute approximate surface area is 159 Å². The van der Waals surface area contributed by atoms with Crippen LogP contribution in [0.4, 0.5) is 18.9 Å². The molecule has 0 fully saturated rings. The van der Waals surface area contributed by atoms with Crippen molar-refractivity contribution in [2.75, 3.05) is 12.4 Å². The Morgan fingerprint density at radius 2 is 1.71 bits per heavy atom. The number of carbonyl (C=O) groups is 1. The molecule has 0 unspecified atom stereocenters. The smallest absolute Gasteiger partial charge is 0.497 e. The van der Waals surface area contributed by atoms with Crippen molar-refractivity contribution < 1.29 is 35.9 Å². The van der Waals surface area contributed by atoms with Gasteiger partial charge >= 0.3 is 6.36 Å². The molecule has 2 aromatic carbocycles. The molecule has 11 heteroatoms. The number of halogens is 3. The minimum absolute atomic E-state index is 0.0160. The van der Waals surface area contributed by atoms with Gasteiger partial charge in [-0.1, -0.05) is 6.07 Å². The van der Waals surface area contributed by atoms with Crippen molar-refractivity contribution in [1.82, 2.24) is 4.72 Å². The molecular formula is C17H17F3N2O5S. The first-order valence-corrected chi connectivity index (χ1v) is 9.31. The second-order valence-corrected chi connectivity index (χ2v) is 7.30. The maximum Gasteiger partial charge on any atom is 0.573 e. The van der Waals surface area contributed by atoms with Gasteiger partial charge in [-0.3, -0.25) is 4.79 Å². The Morgan fingerprint density at radius 3 is 2.29 bits per heavy atom. The second kappa shape index (κ2) is 8.48. The zero-order chi connectivity index (χ0) is 20.9. The van der Waals surface area contributed by atoms with E-state index in [-0.39, 0.29) is 10.6 Å². The van der Waals surface area contributed by atoms with Crippen LogP contribution in [-0.2, 0) is 14.8 Å². The van der Waals surface area contributed by atoms with E-state index >= 15 is 0 Å². The van der Waals surface area contributed by atoms with Crippen LogP contribution >= 0.6 is 0 Å². The summed E-state index contributed by atoms with van der Waals surface area (Å²) >= 11 is 0. The molecule has 0 aliphatic rings. The molecule has 7 nitrogen and oxygen atoms in total. The second-order valence-electron chi connectivity index (χ2n) is 5.58. The molecule has 1 amide bonds. The highest BCUT2D eigenvalue weighted by atomic mass is 32.2. The summed E-state index contributed by atoms with van der Waals surface area (Å²) < 4.78 is 72.4. The van der Waals surface area contributed by atoms with Crippen molar-refractivity contribution in [2.45, 2.75) is 24.2 Å². The molecule has 152 valence electrons. The molecule has 0 bridgehead atoms.